The fourth-order valence-electron chi connectivity index (χ4n) is 2.26. The van der Waals surface area contributed by atoms with Crippen molar-refractivity contribution in [3.05, 3.63) is 0 Å². The summed E-state index contributed by atoms with van der Waals surface area (Å²) in [4.78, 5) is 10.2. The predicted molar refractivity (Wildman–Crippen MR) is 124 cm³/mol. The van der Waals surface area contributed by atoms with Crippen LogP contribution in [0.2, 0.25) is 0 Å². The molecule has 0 aliphatic heterocycles. The van der Waals surface area contributed by atoms with E-state index in [2.05, 4.69) is 5.32 Å². The van der Waals surface area contributed by atoms with Gasteiger partial charge in [0.2, 0.25) is 0 Å². The third kappa shape index (κ3) is 31.1. The summed E-state index contributed by atoms with van der Waals surface area (Å²) in [5, 5.41) is 11.5. The minimum absolute atomic E-state index is 0.272. The van der Waals surface area contributed by atoms with E-state index in [4.69, 9.17) is 47.7 Å². The molecule has 0 aromatic carbocycles. The zero-order chi connectivity index (χ0) is 24.8. The minimum atomic E-state index is -0.965. The van der Waals surface area contributed by atoms with Crippen LogP contribution >= 0.6 is 0 Å². The van der Waals surface area contributed by atoms with Crippen molar-refractivity contribution < 1.29 is 52.5 Å². The highest BCUT2D eigenvalue weighted by Gasteiger charge is 1.96. The molecular weight excluding hydrogens is 454 g/mol. The van der Waals surface area contributed by atoms with Crippen molar-refractivity contribution in [2.45, 2.75) is 6.92 Å². The molecule has 0 saturated heterocycles. The van der Waals surface area contributed by atoms with E-state index < -0.39 is 5.97 Å². The van der Waals surface area contributed by atoms with Crippen LogP contribution in [0.4, 0.5) is 0 Å². The van der Waals surface area contributed by atoms with Gasteiger partial charge in [0.15, 0.2) is 0 Å². The van der Waals surface area contributed by atoms with E-state index in [0.717, 1.165) is 0 Å². The van der Waals surface area contributed by atoms with Gasteiger partial charge in [-0.15, -0.1) is 0 Å². The average molecular weight is 500 g/mol. The van der Waals surface area contributed by atoms with Crippen LogP contribution in [-0.4, -0.2) is 143 Å². The Bertz CT molecular complexity index is 405. The Balaban J connectivity index is 3.01. The van der Waals surface area contributed by atoms with Crippen molar-refractivity contribution >= 4 is 5.97 Å². The number of nitrogens with one attached hydrogen (secondary N) is 1. The second-order valence-electron chi connectivity index (χ2n) is 6.68. The van der Waals surface area contributed by atoms with Gasteiger partial charge in [-0.1, -0.05) is 0 Å². The van der Waals surface area contributed by atoms with Crippen LogP contribution in [0.5, 0.6) is 0 Å². The van der Waals surface area contributed by atoms with Gasteiger partial charge in [-0.2, -0.15) is 0 Å². The summed E-state index contributed by atoms with van der Waals surface area (Å²) in [6.45, 7) is 12.0. The molecular formula is C22H45NO11. The van der Waals surface area contributed by atoms with Gasteiger partial charge in [-0.05, 0) is 6.92 Å². The molecule has 34 heavy (non-hydrogen) atoms. The lowest BCUT2D eigenvalue weighted by atomic mass is 10.6. The summed E-state index contributed by atoms with van der Waals surface area (Å²) in [5.41, 5.74) is 0. The van der Waals surface area contributed by atoms with E-state index in [1.165, 1.54) is 0 Å². The van der Waals surface area contributed by atoms with Gasteiger partial charge in [0.05, 0.1) is 106 Å². The minimum Gasteiger partial charge on any atom is -0.480 e. The third-order valence-corrected chi connectivity index (χ3v) is 3.88. The van der Waals surface area contributed by atoms with Crippen molar-refractivity contribution in [2.75, 3.05) is 132 Å². The van der Waals surface area contributed by atoms with Crippen molar-refractivity contribution in [2.24, 2.45) is 0 Å². The summed E-state index contributed by atoms with van der Waals surface area (Å²) >= 11 is 0. The van der Waals surface area contributed by atoms with Gasteiger partial charge < -0.3 is 53.1 Å². The lowest BCUT2D eigenvalue weighted by Crippen LogP contribution is -2.25. The molecule has 0 heterocycles. The number of carbonyl (C=O) groups is 1. The molecule has 0 bridgehead atoms. The smallest absolute Gasteiger partial charge is 0.329 e. The van der Waals surface area contributed by atoms with Crippen LogP contribution in [0.25, 0.3) is 0 Å². The molecule has 0 aliphatic carbocycles. The van der Waals surface area contributed by atoms with Crippen LogP contribution in [0.15, 0.2) is 0 Å². The first-order valence-corrected chi connectivity index (χ1v) is 11.9. The summed E-state index contributed by atoms with van der Waals surface area (Å²) in [6, 6.07) is 0. The Morgan fingerprint density at radius 1 is 0.500 bits per heavy atom. The van der Waals surface area contributed by atoms with Crippen LogP contribution in [0, 0.1) is 0 Å². The highest BCUT2D eigenvalue weighted by Crippen LogP contribution is 1.85. The number of ether oxygens (including phenoxy) is 9. The average Bonchev–Trinajstić information content (AvgIpc) is 2.83. The van der Waals surface area contributed by atoms with Crippen molar-refractivity contribution in [1.82, 2.24) is 5.32 Å². The topological polar surface area (TPSA) is 132 Å². The van der Waals surface area contributed by atoms with Crippen molar-refractivity contribution in [1.29, 1.82) is 0 Å². The zero-order valence-corrected chi connectivity index (χ0v) is 20.7. The molecule has 0 saturated carbocycles. The Morgan fingerprint density at radius 2 is 0.794 bits per heavy atom. The SMILES string of the molecule is CCOCCOCCOCCOCCOCCOCCOCCOCCNCCOCC(=O)O. The molecule has 0 amide bonds. The van der Waals surface area contributed by atoms with Gasteiger partial charge in [0.25, 0.3) is 0 Å². The van der Waals surface area contributed by atoms with Crippen molar-refractivity contribution in [3.63, 3.8) is 0 Å². The molecule has 12 heteroatoms. The number of carboxylic acid groups (broad SMARTS) is 1. The Hall–Kier alpha value is -0.930. The summed E-state index contributed by atoms with van der Waals surface area (Å²) < 4.78 is 47.9. The lowest BCUT2D eigenvalue weighted by Gasteiger charge is -2.09. The Labute approximate surface area is 203 Å². The molecule has 2 N–H and O–H groups in total. The van der Waals surface area contributed by atoms with Crippen LogP contribution in [-0.2, 0) is 47.4 Å². The summed E-state index contributed by atoms with van der Waals surface area (Å²) in [5.74, 6) is -0.965. The van der Waals surface area contributed by atoms with E-state index in [1.807, 2.05) is 6.92 Å². The Morgan fingerprint density at radius 3 is 1.12 bits per heavy atom. The normalized spacial score (nSPS) is 11.3. The highest BCUT2D eigenvalue weighted by molar-refractivity contribution is 5.67. The predicted octanol–water partition coefficient (Wildman–Crippen LogP) is -0.170. The first kappa shape index (κ1) is 33.1. The van der Waals surface area contributed by atoms with Crippen LogP contribution in [0.3, 0.4) is 0 Å². The standard InChI is InChI=1S/C22H45NO11/c1-2-26-7-8-28-11-12-30-15-16-32-19-20-33-18-17-31-14-13-29-10-9-27-5-3-23-4-6-34-21-22(24)25/h23H,2-21H2,1H3,(H,24,25). The molecule has 0 unspecified atom stereocenters. The fourth-order valence-corrected chi connectivity index (χ4v) is 2.26. The van der Waals surface area contributed by atoms with Crippen molar-refractivity contribution in [3.8, 4) is 0 Å². The van der Waals surface area contributed by atoms with Crippen LogP contribution < -0.4 is 5.32 Å². The molecule has 0 aliphatic rings. The van der Waals surface area contributed by atoms with Gasteiger partial charge in [0, 0.05) is 19.7 Å². The molecule has 0 aromatic heterocycles. The molecule has 0 spiro atoms. The maximum atomic E-state index is 10.2. The number of rotatable bonds is 30. The number of aliphatic carboxylic acids is 1. The molecule has 12 nitrogen and oxygen atoms in total. The first-order valence-electron chi connectivity index (χ1n) is 11.9. The quantitative estimate of drug-likeness (QED) is 0.127. The van der Waals surface area contributed by atoms with Gasteiger partial charge >= 0.3 is 5.97 Å². The molecule has 0 radical (unpaired) electrons. The largest absolute Gasteiger partial charge is 0.480 e. The van der Waals surface area contributed by atoms with Gasteiger partial charge in [-0.25, -0.2) is 4.79 Å². The van der Waals surface area contributed by atoms with E-state index >= 15 is 0 Å². The summed E-state index contributed by atoms with van der Waals surface area (Å²) in [6.07, 6.45) is 0. The van der Waals surface area contributed by atoms with Gasteiger partial charge in [0.1, 0.15) is 6.61 Å². The first-order chi connectivity index (χ1) is 16.8. The molecule has 0 fully saturated rings. The summed E-state index contributed by atoms with van der Waals surface area (Å²) in [7, 11) is 0. The number of carboxylic acids is 1. The molecule has 204 valence electrons. The Kier molecular flexibility index (Phi) is 29.3. The van der Waals surface area contributed by atoms with E-state index in [9.17, 15) is 4.79 Å². The number of hydrogen-bond donors (Lipinski definition) is 2. The molecule has 0 aromatic rings. The highest BCUT2D eigenvalue weighted by atomic mass is 16.6. The monoisotopic (exact) mass is 499 g/mol. The lowest BCUT2D eigenvalue weighted by molar-refractivity contribution is -0.142. The van der Waals surface area contributed by atoms with E-state index in [-0.39, 0.29) is 6.61 Å². The maximum Gasteiger partial charge on any atom is 0.329 e. The molecule has 0 atom stereocenters. The van der Waals surface area contributed by atoms with E-state index in [0.29, 0.717) is 125 Å². The van der Waals surface area contributed by atoms with Crippen LogP contribution in [0.1, 0.15) is 6.92 Å². The van der Waals surface area contributed by atoms with Gasteiger partial charge in [-0.3, -0.25) is 0 Å². The van der Waals surface area contributed by atoms with E-state index in [1.54, 1.807) is 0 Å². The maximum absolute atomic E-state index is 10.2. The second-order valence-corrected chi connectivity index (χ2v) is 6.68. The second kappa shape index (κ2) is 30.1. The zero-order valence-electron chi connectivity index (χ0n) is 20.7. The molecule has 0 rings (SSSR count). The number of hydrogen-bond acceptors (Lipinski definition) is 11. The third-order valence-electron chi connectivity index (χ3n) is 3.88. The fraction of sp³-hybridized carbons (Fsp3) is 0.955.